The van der Waals surface area contributed by atoms with E-state index in [0.29, 0.717) is 5.88 Å². The molecular formula is C14H17BrClN3S. The molecule has 20 heavy (non-hydrogen) atoms. The van der Waals surface area contributed by atoms with E-state index in [-0.39, 0.29) is 0 Å². The van der Waals surface area contributed by atoms with Gasteiger partial charge in [-0.2, -0.15) is 11.8 Å². The van der Waals surface area contributed by atoms with Crippen LogP contribution < -0.4 is 0 Å². The van der Waals surface area contributed by atoms with Crippen LogP contribution >= 0.6 is 39.3 Å². The molecule has 3 nitrogen and oxygen atoms in total. The van der Waals surface area contributed by atoms with E-state index in [9.17, 15) is 0 Å². The SMILES string of the molecule is ClCc1nc2cc(Br)ccc2n1CCN1CCSCC1. The predicted molar refractivity (Wildman–Crippen MR) is 90.8 cm³/mol. The molecule has 1 aliphatic heterocycles. The van der Waals surface area contributed by atoms with Crippen LogP contribution in [-0.4, -0.2) is 45.6 Å². The largest absolute Gasteiger partial charge is 0.326 e. The molecule has 0 bridgehead atoms. The first-order valence-electron chi connectivity index (χ1n) is 6.78. The summed E-state index contributed by atoms with van der Waals surface area (Å²) in [6.07, 6.45) is 0. The van der Waals surface area contributed by atoms with Crippen molar-refractivity contribution in [3.05, 3.63) is 28.5 Å². The Balaban J connectivity index is 1.81. The number of nitrogens with zero attached hydrogens (tertiary/aromatic N) is 3. The highest BCUT2D eigenvalue weighted by Gasteiger charge is 2.13. The van der Waals surface area contributed by atoms with Gasteiger partial charge in [0.15, 0.2) is 0 Å². The average molecular weight is 375 g/mol. The molecule has 1 aromatic heterocycles. The Hall–Kier alpha value is -0.230. The molecule has 1 saturated heterocycles. The highest BCUT2D eigenvalue weighted by Crippen LogP contribution is 2.22. The Morgan fingerprint density at radius 3 is 2.80 bits per heavy atom. The molecule has 0 atom stereocenters. The number of imidazole rings is 1. The topological polar surface area (TPSA) is 21.1 Å². The van der Waals surface area contributed by atoms with Crippen molar-refractivity contribution in [2.45, 2.75) is 12.4 Å². The summed E-state index contributed by atoms with van der Waals surface area (Å²) in [5.74, 6) is 3.92. The highest BCUT2D eigenvalue weighted by molar-refractivity contribution is 9.10. The third-order valence-electron chi connectivity index (χ3n) is 3.65. The number of hydrogen-bond acceptors (Lipinski definition) is 3. The van der Waals surface area contributed by atoms with E-state index < -0.39 is 0 Å². The average Bonchev–Trinajstić information content (AvgIpc) is 2.83. The monoisotopic (exact) mass is 373 g/mol. The van der Waals surface area contributed by atoms with Crippen LogP contribution in [0.25, 0.3) is 11.0 Å². The lowest BCUT2D eigenvalue weighted by molar-refractivity contribution is 0.290. The molecule has 108 valence electrons. The summed E-state index contributed by atoms with van der Waals surface area (Å²) >= 11 is 11.6. The Morgan fingerprint density at radius 1 is 1.25 bits per heavy atom. The normalized spacial score (nSPS) is 16.9. The van der Waals surface area contributed by atoms with Crippen LogP contribution in [0.4, 0.5) is 0 Å². The first-order chi connectivity index (χ1) is 9.78. The molecule has 2 heterocycles. The number of benzene rings is 1. The van der Waals surface area contributed by atoms with E-state index in [4.69, 9.17) is 11.6 Å². The fourth-order valence-corrected chi connectivity index (χ4v) is 4.10. The number of thioether (sulfide) groups is 1. The molecular weight excluding hydrogens is 358 g/mol. The van der Waals surface area contributed by atoms with Gasteiger partial charge < -0.3 is 4.57 Å². The predicted octanol–water partition coefficient (Wildman–Crippen LogP) is 3.59. The van der Waals surface area contributed by atoms with Gasteiger partial charge in [-0.15, -0.1) is 11.6 Å². The van der Waals surface area contributed by atoms with E-state index in [1.165, 1.54) is 30.1 Å². The van der Waals surface area contributed by atoms with E-state index in [1.807, 2.05) is 11.8 Å². The summed E-state index contributed by atoms with van der Waals surface area (Å²) in [7, 11) is 0. The Kier molecular flexibility index (Phi) is 4.91. The summed E-state index contributed by atoms with van der Waals surface area (Å²) in [5, 5.41) is 0. The fraction of sp³-hybridized carbons (Fsp3) is 0.500. The van der Waals surface area contributed by atoms with Crippen molar-refractivity contribution in [3.8, 4) is 0 Å². The van der Waals surface area contributed by atoms with E-state index in [2.05, 4.69) is 48.6 Å². The number of hydrogen-bond donors (Lipinski definition) is 0. The quantitative estimate of drug-likeness (QED) is 0.763. The van der Waals surface area contributed by atoms with E-state index in [1.54, 1.807) is 0 Å². The van der Waals surface area contributed by atoms with Gasteiger partial charge >= 0.3 is 0 Å². The lowest BCUT2D eigenvalue weighted by atomic mass is 10.3. The summed E-state index contributed by atoms with van der Waals surface area (Å²) < 4.78 is 3.32. The first kappa shape index (κ1) is 14.7. The van der Waals surface area contributed by atoms with Gasteiger partial charge in [-0.1, -0.05) is 15.9 Å². The van der Waals surface area contributed by atoms with Gasteiger partial charge in [-0.25, -0.2) is 4.98 Å². The van der Waals surface area contributed by atoms with Crippen LogP contribution in [0.1, 0.15) is 5.82 Å². The molecule has 0 saturated carbocycles. The minimum atomic E-state index is 0.460. The third-order valence-corrected chi connectivity index (χ3v) is 5.33. The summed E-state index contributed by atoms with van der Waals surface area (Å²) in [6, 6.07) is 6.24. The molecule has 0 radical (unpaired) electrons. The minimum Gasteiger partial charge on any atom is -0.326 e. The van der Waals surface area contributed by atoms with Gasteiger partial charge in [0.25, 0.3) is 0 Å². The van der Waals surface area contributed by atoms with Crippen molar-refractivity contribution in [3.63, 3.8) is 0 Å². The molecule has 1 fully saturated rings. The number of alkyl halides is 1. The van der Waals surface area contributed by atoms with Gasteiger partial charge in [-0.05, 0) is 18.2 Å². The maximum Gasteiger partial charge on any atom is 0.124 e. The van der Waals surface area contributed by atoms with Crippen molar-refractivity contribution in [1.29, 1.82) is 0 Å². The van der Waals surface area contributed by atoms with Crippen molar-refractivity contribution in [1.82, 2.24) is 14.5 Å². The minimum absolute atomic E-state index is 0.460. The van der Waals surface area contributed by atoms with Gasteiger partial charge in [0.1, 0.15) is 5.82 Å². The van der Waals surface area contributed by atoms with Crippen molar-refractivity contribution < 1.29 is 0 Å². The second-order valence-corrected chi connectivity index (χ2v) is 7.31. The molecule has 0 N–H and O–H groups in total. The second-order valence-electron chi connectivity index (χ2n) is 4.90. The van der Waals surface area contributed by atoms with Gasteiger partial charge in [0, 0.05) is 42.2 Å². The summed E-state index contributed by atoms with van der Waals surface area (Å²) in [5.41, 5.74) is 2.19. The highest BCUT2D eigenvalue weighted by atomic mass is 79.9. The lowest BCUT2D eigenvalue weighted by Crippen LogP contribution is -2.35. The molecule has 0 unspecified atom stereocenters. The second kappa shape index (κ2) is 6.69. The number of halogens is 2. The molecule has 3 rings (SSSR count). The molecule has 0 aliphatic carbocycles. The molecule has 1 aromatic carbocycles. The fourth-order valence-electron chi connectivity index (χ4n) is 2.57. The first-order valence-corrected chi connectivity index (χ1v) is 9.27. The van der Waals surface area contributed by atoms with Crippen LogP contribution in [0, 0.1) is 0 Å². The lowest BCUT2D eigenvalue weighted by Gasteiger charge is -2.26. The molecule has 1 aliphatic rings. The molecule has 6 heteroatoms. The zero-order valence-corrected chi connectivity index (χ0v) is 14.3. The Bertz CT molecular complexity index is 595. The van der Waals surface area contributed by atoms with E-state index in [0.717, 1.165) is 28.9 Å². The van der Waals surface area contributed by atoms with Crippen LogP contribution in [0.2, 0.25) is 0 Å². The maximum absolute atomic E-state index is 6.05. The summed E-state index contributed by atoms with van der Waals surface area (Å²) in [4.78, 5) is 7.16. The molecule has 2 aromatic rings. The van der Waals surface area contributed by atoms with Crippen LogP contribution in [0.3, 0.4) is 0 Å². The third kappa shape index (κ3) is 3.16. The summed E-state index contributed by atoms with van der Waals surface area (Å²) in [6.45, 7) is 4.43. The van der Waals surface area contributed by atoms with Crippen LogP contribution in [0.15, 0.2) is 22.7 Å². The zero-order valence-electron chi connectivity index (χ0n) is 11.2. The molecule has 0 spiro atoms. The van der Waals surface area contributed by atoms with Gasteiger partial charge in [0.05, 0.1) is 16.9 Å². The Morgan fingerprint density at radius 2 is 2.05 bits per heavy atom. The van der Waals surface area contributed by atoms with Crippen molar-refractivity contribution in [2.75, 3.05) is 31.1 Å². The number of fused-ring (bicyclic) bond motifs is 1. The molecule has 0 amide bonds. The number of rotatable bonds is 4. The zero-order chi connectivity index (χ0) is 13.9. The van der Waals surface area contributed by atoms with Crippen molar-refractivity contribution in [2.24, 2.45) is 0 Å². The number of aromatic nitrogens is 2. The maximum atomic E-state index is 6.05. The smallest absolute Gasteiger partial charge is 0.124 e. The van der Waals surface area contributed by atoms with Crippen LogP contribution in [-0.2, 0) is 12.4 Å². The standard InChI is InChI=1S/C14H17BrClN3S/c15-11-1-2-13-12(9-11)17-14(10-16)19(13)4-3-18-5-7-20-8-6-18/h1-2,9H,3-8,10H2. The van der Waals surface area contributed by atoms with Gasteiger partial charge in [0.2, 0.25) is 0 Å². The van der Waals surface area contributed by atoms with Gasteiger partial charge in [-0.3, -0.25) is 4.90 Å². The van der Waals surface area contributed by atoms with E-state index >= 15 is 0 Å². The Labute approximate surface area is 136 Å². The van der Waals surface area contributed by atoms with Crippen molar-refractivity contribution >= 4 is 50.3 Å². The van der Waals surface area contributed by atoms with Crippen LogP contribution in [0.5, 0.6) is 0 Å².